The molecule has 26 heavy (non-hydrogen) atoms. The Kier molecular flexibility index (Phi) is 5.89. The van der Waals surface area contributed by atoms with Gasteiger partial charge in [0.2, 0.25) is 0 Å². The smallest absolute Gasteiger partial charge is 0.0596 e. The summed E-state index contributed by atoms with van der Waals surface area (Å²) in [6.07, 6.45) is 0. The minimum Gasteiger partial charge on any atom is -0.295 e. The van der Waals surface area contributed by atoms with Gasteiger partial charge in [0.15, 0.2) is 0 Å². The van der Waals surface area contributed by atoms with Gasteiger partial charge in [-0.2, -0.15) is 10.2 Å². The van der Waals surface area contributed by atoms with Crippen molar-refractivity contribution in [1.82, 2.24) is 24.5 Å². The molecule has 0 aliphatic carbocycles. The van der Waals surface area contributed by atoms with E-state index in [0.717, 1.165) is 44.1 Å². The summed E-state index contributed by atoms with van der Waals surface area (Å²) in [5, 5.41) is 9.19. The highest BCUT2D eigenvalue weighted by Crippen LogP contribution is 2.08. The Bertz CT molecular complexity index is 781. The summed E-state index contributed by atoms with van der Waals surface area (Å²) in [7, 11) is 0. The number of rotatable bonds is 8. The van der Waals surface area contributed by atoms with Crippen LogP contribution in [0.25, 0.3) is 0 Å². The molecule has 0 saturated carbocycles. The molecule has 0 fully saturated rings. The van der Waals surface area contributed by atoms with Crippen LogP contribution in [0.4, 0.5) is 0 Å². The van der Waals surface area contributed by atoms with E-state index in [9.17, 15) is 0 Å². The zero-order valence-electron chi connectivity index (χ0n) is 16.3. The van der Waals surface area contributed by atoms with Crippen LogP contribution in [0.3, 0.4) is 0 Å². The van der Waals surface area contributed by atoms with E-state index >= 15 is 0 Å². The van der Waals surface area contributed by atoms with E-state index in [4.69, 9.17) is 0 Å². The first kappa shape index (κ1) is 18.4. The van der Waals surface area contributed by atoms with Gasteiger partial charge in [-0.05, 0) is 45.4 Å². The van der Waals surface area contributed by atoms with Crippen molar-refractivity contribution >= 4 is 0 Å². The molecule has 3 rings (SSSR count). The fourth-order valence-electron chi connectivity index (χ4n) is 3.39. The van der Waals surface area contributed by atoms with Crippen LogP contribution in [0, 0.1) is 27.7 Å². The van der Waals surface area contributed by atoms with Crippen molar-refractivity contribution in [3.8, 4) is 0 Å². The molecular formula is C21H29N5. The molecule has 0 bridgehead atoms. The van der Waals surface area contributed by atoms with E-state index in [1.165, 1.54) is 17.0 Å². The van der Waals surface area contributed by atoms with Crippen LogP contribution >= 0.6 is 0 Å². The predicted octanol–water partition coefficient (Wildman–Crippen LogP) is 3.52. The van der Waals surface area contributed by atoms with Gasteiger partial charge >= 0.3 is 0 Å². The average molecular weight is 351 g/mol. The monoisotopic (exact) mass is 351 g/mol. The Morgan fingerprint density at radius 1 is 0.769 bits per heavy atom. The van der Waals surface area contributed by atoms with Gasteiger partial charge in [-0.3, -0.25) is 14.3 Å². The summed E-state index contributed by atoms with van der Waals surface area (Å²) in [6.45, 7) is 13.0. The normalized spacial score (nSPS) is 11.4. The molecule has 0 aliphatic rings. The number of hydrogen-bond acceptors (Lipinski definition) is 3. The van der Waals surface area contributed by atoms with Crippen LogP contribution in [-0.2, 0) is 19.6 Å². The molecule has 0 radical (unpaired) electrons. The molecule has 0 saturated heterocycles. The number of nitrogens with zero attached hydrogens (tertiary/aromatic N) is 5. The molecule has 1 aromatic carbocycles. The Morgan fingerprint density at radius 2 is 1.27 bits per heavy atom. The molecular weight excluding hydrogens is 322 g/mol. The highest BCUT2D eigenvalue weighted by atomic mass is 15.3. The van der Waals surface area contributed by atoms with E-state index in [1.807, 2.05) is 13.8 Å². The number of aromatic nitrogens is 4. The maximum absolute atomic E-state index is 4.60. The maximum atomic E-state index is 4.60. The lowest BCUT2D eigenvalue weighted by molar-refractivity contribution is 0.235. The van der Waals surface area contributed by atoms with Gasteiger partial charge in [-0.1, -0.05) is 30.3 Å². The van der Waals surface area contributed by atoms with Crippen LogP contribution in [-0.4, -0.2) is 37.6 Å². The number of aryl methyl sites for hydroxylation is 4. The molecule has 0 aliphatic heterocycles. The molecule has 0 N–H and O–H groups in total. The summed E-state index contributed by atoms with van der Waals surface area (Å²) >= 11 is 0. The fraction of sp³-hybridized carbons (Fsp3) is 0.429. The third-order valence-corrected chi connectivity index (χ3v) is 4.71. The van der Waals surface area contributed by atoms with E-state index in [0.29, 0.717) is 0 Å². The maximum Gasteiger partial charge on any atom is 0.0596 e. The summed E-state index contributed by atoms with van der Waals surface area (Å²) in [5.74, 6) is 0. The third-order valence-electron chi connectivity index (χ3n) is 4.71. The van der Waals surface area contributed by atoms with E-state index in [2.05, 4.69) is 80.8 Å². The van der Waals surface area contributed by atoms with Crippen molar-refractivity contribution in [3.05, 3.63) is 70.8 Å². The van der Waals surface area contributed by atoms with Crippen LogP contribution in [0.5, 0.6) is 0 Å². The van der Waals surface area contributed by atoms with E-state index in [-0.39, 0.29) is 0 Å². The topological polar surface area (TPSA) is 38.9 Å². The first-order valence-electron chi connectivity index (χ1n) is 9.29. The van der Waals surface area contributed by atoms with E-state index < -0.39 is 0 Å². The predicted molar refractivity (Wildman–Crippen MR) is 105 cm³/mol. The summed E-state index contributed by atoms with van der Waals surface area (Å²) in [4.78, 5) is 2.49. The Balaban J connectivity index is 1.66. The molecule has 0 spiro atoms. The van der Waals surface area contributed by atoms with Crippen molar-refractivity contribution in [2.24, 2.45) is 0 Å². The summed E-state index contributed by atoms with van der Waals surface area (Å²) < 4.78 is 4.22. The fourth-order valence-corrected chi connectivity index (χ4v) is 3.39. The molecule has 138 valence electrons. The van der Waals surface area contributed by atoms with Gasteiger partial charge in [-0.15, -0.1) is 0 Å². The minimum absolute atomic E-state index is 0.906. The van der Waals surface area contributed by atoms with E-state index in [1.54, 1.807) is 0 Å². The van der Waals surface area contributed by atoms with Crippen LogP contribution in [0.2, 0.25) is 0 Å². The molecule has 2 aromatic heterocycles. The van der Waals surface area contributed by atoms with Crippen molar-refractivity contribution < 1.29 is 0 Å². The van der Waals surface area contributed by atoms with Crippen LogP contribution < -0.4 is 0 Å². The van der Waals surface area contributed by atoms with Crippen molar-refractivity contribution in [2.75, 3.05) is 13.1 Å². The Hall–Kier alpha value is -2.40. The highest BCUT2D eigenvalue weighted by molar-refractivity contribution is 5.14. The van der Waals surface area contributed by atoms with Gasteiger partial charge in [0, 0.05) is 31.0 Å². The second-order valence-corrected chi connectivity index (χ2v) is 7.06. The van der Waals surface area contributed by atoms with Crippen molar-refractivity contribution in [2.45, 2.75) is 47.3 Å². The molecule has 2 heterocycles. The Morgan fingerprint density at radius 3 is 1.69 bits per heavy atom. The lowest BCUT2D eigenvalue weighted by Gasteiger charge is -2.23. The second kappa shape index (κ2) is 8.32. The first-order valence-corrected chi connectivity index (χ1v) is 9.29. The van der Waals surface area contributed by atoms with Crippen molar-refractivity contribution in [1.29, 1.82) is 0 Å². The lowest BCUT2D eigenvalue weighted by atomic mass is 10.2. The number of benzene rings is 1. The van der Waals surface area contributed by atoms with Crippen LogP contribution in [0.1, 0.15) is 28.3 Å². The quantitative estimate of drug-likeness (QED) is 0.623. The molecule has 5 nitrogen and oxygen atoms in total. The minimum atomic E-state index is 0.906. The van der Waals surface area contributed by atoms with Crippen molar-refractivity contribution in [3.63, 3.8) is 0 Å². The standard InChI is InChI=1S/C21H29N5/c1-17-14-19(3)25(22-17)12-10-24(16-21-8-6-5-7-9-21)11-13-26-20(4)15-18(2)23-26/h5-9,14-15H,10-13,16H2,1-4H3. The third kappa shape index (κ3) is 4.82. The molecule has 0 atom stereocenters. The highest BCUT2D eigenvalue weighted by Gasteiger charge is 2.10. The molecule has 3 aromatic rings. The lowest BCUT2D eigenvalue weighted by Crippen LogP contribution is -2.31. The first-order chi connectivity index (χ1) is 12.5. The van der Waals surface area contributed by atoms with Gasteiger partial charge in [0.05, 0.1) is 24.5 Å². The van der Waals surface area contributed by atoms with Gasteiger partial charge < -0.3 is 0 Å². The van der Waals surface area contributed by atoms with Gasteiger partial charge in [0.1, 0.15) is 0 Å². The largest absolute Gasteiger partial charge is 0.295 e. The van der Waals surface area contributed by atoms with Crippen LogP contribution in [0.15, 0.2) is 42.5 Å². The summed E-state index contributed by atoms with van der Waals surface area (Å²) in [6, 6.07) is 14.9. The molecule has 5 heteroatoms. The molecule has 0 unspecified atom stereocenters. The van der Waals surface area contributed by atoms with Gasteiger partial charge in [-0.25, -0.2) is 0 Å². The SMILES string of the molecule is Cc1cc(C)n(CCN(CCn2nc(C)cc2C)Cc2ccccc2)n1. The number of hydrogen-bond donors (Lipinski definition) is 0. The summed E-state index contributed by atoms with van der Waals surface area (Å²) in [5.41, 5.74) is 5.95. The van der Waals surface area contributed by atoms with Gasteiger partial charge in [0.25, 0.3) is 0 Å². The molecule has 0 amide bonds. The zero-order chi connectivity index (χ0) is 18.5. The Labute approximate surface area is 156 Å². The second-order valence-electron chi connectivity index (χ2n) is 7.06. The average Bonchev–Trinajstić information content (AvgIpc) is 3.11. The zero-order valence-corrected chi connectivity index (χ0v) is 16.3.